The maximum Gasteiger partial charge on any atom is 0.146 e. The van der Waals surface area contributed by atoms with Crippen molar-refractivity contribution in [2.24, 2.45) is 5.92 Å². The lowest BCUT2D eigenvalue weighted by molar-refractivity contribution is 0.650. The molecular weight excluding hydrogens is 262 g/mol. The van der Waals surface area contributed by atoms with E-state index >= 15 is 0 Å². The van der Waals surface area contributed by atoms with Gasteiger partial charge in [-0.05, 0) is 24.0 Å². The molecule has 0 fully saturated rings. The number of halogens is 1. The lowest BCUT2D eigenvalue weighted by atomic mass is 10.0. The molecule has 0 spiro atoms. The summed E-state index contributed by atoms with van der Waals surface area (Å²) in [5, 5.41) is 3.14. The molecule has 0 amide bonds. The van der Waals surface area contributed by atoms with E-state index in [2.05, 4.69) is 43.1 Å². The zero-order chi connectivity index (χ0) is 12.7. The molecule has 0 unspecified atom stereocenters. The van der Waals surface area contributed by atoms with Crippen LogP contribution in [0.3, 0.4) is 0 Å². The number of nitrogens with zero attached hydrogens (tertiary/aromatic N) is 1. The number of rotatable bonds is 2. The highest BCUT2D eigenvalue weighted by atomic mass is 35.5. The van der Waals surface area contributed by atoms with Gasteiger partial charge in [-0.25, -0.2) is 4.98 Å². The summed E-state index contributed by atoms with van der Waals surface area (Å²) in [5.74, 6) is 0.661. The summed E-state index contributed by atoms with van der Waals surface area (Å²) in [7, 11) is 0. The summed E-state index contributed by atoms with van der Waals surface area (Å²) in [4.78, 5) is 4.17. The minimum atomic E-state index is 0.615. The van der Waals surface area contributed by atoms with Crippen LogP contribution < -0.4 is 0 Å². The summed E-state index contributed by atoms with van der Waals surface area (Å²) in [5.41, 5.74) is 1.42. The van der Waals surface area contributed by atoms with Crippen molar-refractivity contribution in [2.75, 3.05) is 0 Å². The highest BCUT2D eigenvalue weighted by Gasteiger charge is 2.11. The fourth-order valence-corrected chi connectivity index (χ4v) is 3.83. The van der Waals surface area contributed by atoms with E-state index in [0.29, 0.717) is 11.1 Å². The molecule has 0 aliphatic carbocycles. The third kappa shape index (κ3) is 1.90. The minimum Gasteiger partial charge on any atom is -0.243 e. The molecule has 18 heavy (non-hydrogen) atoms. The Hall–Kier alpha value is -1.12. The van der Waals surface area contributed by atoms with Crippen molar-refractivity contribution >= 4 is 43.1 Å². The summed E-state index contributed by atoms with van der Waals surface area (Å²) >= 11 is 7.95. The van der Waals surface area contributed by atoms with Crippen LogP contribution in [-0.4, -0.2) is 4.98 Å². The molecule has 92 valence electrons. The molecule has 0 radical (unpaired) electrons. The molecule has 1 nitrogen and oxygen atoms in total. The monoisotopic (exact) mass is 275 g/mol. The second-order valence-electron chi connectivity index (χ2n) is 4.97. The predicted octanol–water partition coefficient (Wildman–Crippen LogP) is 5.30. The molecule has 3 rings (SSSR count). The Bertz CT molecular complexity index is 715. The molecular formula is C15H14ClNS. The number of thiophene rings is 1. The van der Waals surface area contributed by atoms with Gasteiger partial charge in [0.15, 0.2) is 0 Å². The van der Waals surface area contributed by atoms with E-state index in [1.54, 1.807) is 17.5 Å². The van der Waals surface area contributed by atoms with Crippen molar-refractivity contribution in [2.45, 2.75) is 20.3 Å². The normalized spacial score (nSPS) is 11.8. The quantitative estimate of drug-likeness (QED) is 0.578. The Morgan fingerprint density at radius 3 is 2.72 bits per heavy atom. The Morgan fingerprint density at radius 1 is 1.17 bits per heavy atom. The molecule has 1 aromatic carbocycles. The maximum atomic E-state index is 6.19. The smallest absolute Gasteiger partial charge is 0.146 e. The van der Waals surface area contributed by atoms with E-state index in [-0.39, 0.29) is 0 Å². The lowest BCUT2D eigenvalue weighted by Crippen LogP contribution is -1.93. The van der Waals surface area contributed by atoms with Crippen molar-refractivity contribution in [3.63, 3.8) is 0 Å². The summed E-state index contributed by atoms with van der Waals surface area (Å²) < 4.78 is 2.46. The zero-order valence-electron chi connectivity index (χ0n) is 10.4. The van der Waals surface area contributed by atoms with Crippen LogP contribution in [0.2, 0.25) is 5.15 Å². The number of aromatic nitrogens is 1. The number of benzene rings is 1. The zero-order valence-corrected chi connectivity index (χ0v) is 12.0. The molecule has 0 atom stereocenters. The average molecular weight is 276 g/mol. The van der Waals surface area contributed by atoms with Gasteiger partial charge in [0.05, 0.1) is 4.70 Å². The first-order valence-corrected chi connectivity index (χ1v) is 7.31. The standard InChI is InChI=1S/C15H14ClNS/c1-9(2)8-10-4-3-5-11-12-6-7-17-15(16)14(12)18-13(10)11/h3-7,9H,8H2,1-2H3. The topological polar surface area (TPSA) is 12.9 Å². The molecule has 3 aromatic rings. The molecule has 3 heteroatoms. The van der Waals surface area contributed by atoms with Gasteiger partial charge in [-0.1, -0.05) is 43.6 Å². The summed E-state index contributed by atoms with van der Waals surface area (Å²) in [6.07, 6.45) is 2.89. The lowest BCUT2D eigenvalue weighted by Gasteiger charge is -2.05. The van der Waals surface area contributed by atoms with Crippen LogP contribution in [0.15, 0.2) is 30.5 Å². The fourth-order valence-electron chi connectivity index (χ4n) is 2.35. The number of hydrogen-bond donors (Lipinski definition) is 0. The van der Waals surface area contributed by atoms with Gasteiger partial charge in [0.1, 0.15) is 5.15 Å². The Morgan fingerprint density at radius 2 is 1.94 bits per heavy atom. The van der Waals surface area contributed by atoms with Crippen LogP contribution >= 0.6 is 22.9 Å². The summed E-state index contributed by atoms with van der Waals surface area (Å²) in [6, 6.07) is 8.59. The second kappa shape index (κ2) is 4.52. The van der Waals surface area contributed by atoms with Gasteiger partial charge < -0.3 is 0 Å². The van der Waals surface area contributed by atoms with Crippen molar-refractivity contribution < 1.29 is 0 Å². The van der Waals surface area contributed by atoms with E-state index in [1.807, 2.05) is 0 Å². The Labute approximate surface area is 115 Å². The predicted molar refractivity (Wildman–Crippen MR) is 80.7 cm³/mol. The number of pyridine rings is 1. The first-order valence-electron chi connectivity index (χ1n) is 6.11. The van der Waals surface area contributed by atoms with Crippen LogP contribution in [0.25, 0.3) is 20.2 Å². The van der Waals surface area contributed by atoms with Gasteiger partial charge in [0.2, 0.25) is 0 Å². The molecule has 0 bridgehead atoms. The van der Waals surface area contributed by atoms with E-state index in [1.165, 1.54) is 21.0 Å². The van der Waals surface area contributed by atoms with Crippen LogP contribution in [-0.2, 0) is 6.42 Å². The van der Waals surface area contributed by atoms with Crippen LogP contribution in [0.5, 0.6) is 0 Å². The van der Waals surface area contributed by atoms with Gasteiger partial charge in [0.25, 0.3) is 0 Å². The van der Waals surface area contributed by atoms with Gasteiger partial charge in [-0.3, -0.25) is 0 Å². The van der Waals surface area contributed by atoms with Crippen LogP contribution in [0.1, 0.15) is 19.4 Å². The van der Waals surface area contributed by atoms with Gasteiger partial charge in [-0.15, -0.1) is 11.3 Å². The highest BCUT2D eigenvalue weighted by Crippen LogP contribution is 2.38. The molecule has 0 saturated heterocycles. The van der Waals surface area contributed by atoms with E-state index in [9.17, 15) is 0 Å². The number of fused-ring (bicyclic) bond motifs is 3. The third-order valence-corrected chi connectivity index (χ3v) is 4.78. The Kier molecular flexibility index (Phi) is 3.00. The van der Waals surface area contributed by atoms with Crippen molar-refractivity contribution in [3.05, 3.63) is 41.2 Å². The van der Waals surface area contributed by atoms with Crippen molar-refractivity contribution in [1.29, 1.82) is 0 Å². The molecule has 2 heterocycles. The van der Waals surface area contributed by atoms with E-state index in [0.717, 1.165) is 11.1 Å². The second-order valence-corrected chi connectivity index (χ2v) is 6.35. The van der Waals surface area contributed by atoms with E-state index < -0.39 is 0 Å². The Balaban J connectivity index is 2.35. The molecule has 0 saturated carbocycles. The fraction of sp³-hybridized carbons (Fsp3) is 0.267. The molecule has 0 N–H and O–H groups in total. The van der Waals surface area contributed by atoms with Crippen molar-refractivity contribution in [3.8, 4) is 0 Å². The third-order valence-electron chi connectivity index (χ3n) is 3.08. The largest absolute Gasteiger partial charge is 0.243 e. The molecule has 0 aliphatic rings. The first-order chi connectivity index (χ1) is 8.66. The highest BCUT2D eigenvalue weighted by molar-refractivity contribution is 7.26. The van der Waals surface area contributed by atoms with Crippen LogP contribution in [0.4, 0.5) is 0 Å². The van der Waals surface area contributed by atoms with Crippen molar-refractivity contribution in [1.82, 2.24) is 4.98 Å². The van der Waals surface area contributed by atoms with Crippen LogP contribution in [0, 0.1) is 5.92 Å². The van der Waals surface area contributed by atoms with E-state index in [4.69, 9.17) is 11.6 Å². The van der Waals surface area contributed by atoms with Gasteiger partial charge >= 0.3 is 0 Å². The van der Waals surface area contributed by atoms with Gasteiger partial charge in [-0.2, -0.15) is 0 Å². The maximum absolute atomic E-state index is 6.19. The SMILES string of the molecule is CC(C)Cc1cccc2c1sc1c(Cl)nccc12. The molecule has 2 aromatic heterocycles. The first kappa shape index (κ1) is 11.9. The summed E-state index contributed by atoms with van der Waals surface area (Å²) in [6.45, 7) is 4.50. The minimum absolute atomic E-state index is 0.615. The van der Waals surface area contributed by atoms with Gasteiger partial charge in [0, 0.05) is 21.7 Å². The average Bonchev–Trinajstić information content (AvgIpc) is 2.70. The molecule has 0 aliphatic heterocycles. The number of hydrogen-bond acceptors (Lipinski definition) is 2.